The molecule has 1 aromatic rings. The SMILES string of the molecule is CC(C)Cc1cccc(C(=O)CC2CC2)c1. The zero-order valence-electron chi connectivity index (χ0n) is 10.2. The zero-order chi connectivity index (χ0) is 11.5. The smallest absolute Gasteiger partial charge is 0.163 e. The fraction of sp³-hybridized carbons (Fsp3) is 0.533. The molecule has 0 N–H and O–H groups in total. The second-order valence-corrected chi connectivity index (χ2v) is 5.37. The topological polar surface area (TPSA) is 17.1 Å². The van der Waals surface area contributed by atoms with E-state index in [1.54, 1.807) is 0 Å². The predicted octanol–water partition coefficient (Wildman–Crippen LogP) is 3.87. The van der Waals surface area contributed by atoms with Crippen molar-refractivity contribution in [3.8, 4) is 0 Å². The molecule has 86 valence electrons. The molecule has 0 unspecified atom stereocenters. The molecule has 2 rings (SSSR count). The molecule has 1 saturated carbocycles. The second-order valence-electron chi connectivity index (χ2n) is 5.37. The number of ketones is 1. The minimum atomic E-state index is 0.327. The molecule has 1 aromatic carbocycles. The Labute approximate surface area is 97.9 Å². The molecule has 16 heavy (non-hydrogen) atoms. The highest BCUT2D eigenvalue weighted by Crippen LogP contribution is 2.33. The molecular formula is C15H20O. The Morgan fingerprint density at radius 2 is 2.12 bits per heavy atom. The summed E-state index contributed by atoms with van der Waals surface area (Å²) < 4.78 is 0. The Balaban J connectivity index is 2.04. The van der Waals surface area contributed by atoms with Gasteiger partial charge in [-0.3, -0.25) is 4.79 Å². The van der Waals surface area contributed by atoms with Gasteiger partial charge in [-0.2, -0.15) is 0 Å². The van der Waals surface area contributed by atoms with Gasteiger partial charge in [-0.15, -0.1) is 0 Å². The maximum absolute atomic E-state index is 11.9. The maximum atomic E-state index is 11.9. The lowest BCUT2D eigenvalue weighted by Crippen LogP contribution is -2.02. The lowest BCUT2D eigenvalue weighted by molar-refractivity contribution is 0.0976. The molecule has 1 aliphatic rings. The summed E-state index contributed by atoms with van der Waals surface area (Å²) in [7, 11) is 0. The van der Waals surface area contributed by atoms with Gasteiger partial charge in [0.1, 0.15) is 0 Å². The van der Waals surface area contributed by atoms with Crippen molar-refractivity contribution in [2.75, 3.05) is 0 Å². The quantitative estimate of drug-likeness (QED) is 0.683. The van der Waals surface area contributed by atoms with Gasteiger partial charge in [0.25, 0.3) is 0 Å². The monoisotopic (exact) mass is 216 g/mol. The molecular weight excluding hydrogens is 196 g/mol. The van der Waals surface area contributed by atoms with Crippen LogP contribution in [0.5, 0.6) is 0 Å². The molecule has 1 heteroatoms. The van der Waals surface area contributed by atoms with Gasteiger partial charge in [-0.1, -0.05) is 32.0 Å². The van der Waals surface area contributed by atoms with Gasteiger partial charge < -0.3 is 0 Å². The van der Waals surface area contributed by atoms with Crippen LogP contribution in [-0.4, -0.2) is 5.78 Å². The Morgan fingerprint density at radius 1 is 1.38 bits per heavy atom. The minimum Gasteiger partial charge on any atom is -0.294 e. The molecule has 1 fully saturated rings. The molecule has 0 amide bonds. The minimum absolute atomic E-state index is 0.327. The average molecular weight is 216 g/mol. The summed E-state index contributed by atoms with van der Waals surface area (Å²) in [4.78, 5) is 11.9. The van der Waals surface area contributed by atoms with Gasteiger partial charge in [0.05, 0.1) is 0 Å². The first-order chi connectivity index (χ1) is 7.65. The van der Waals surface area contributed by atoms with Crippen LogP contribution in [0.1, 0.15) is 49.0 Å². The number of hydrogen-bond acceptors (Lipinski definition) is 1. The summed E-state index contributed by atoms with van der Waals surface area (Å²) in [6.45, 7) is 4.41. The summed E-state index contributed by atoms with van der Waals surface area (Å²) in [5.74, 6) is 1.66. The molecule has 0 atom stereocenters. The predicted molar refractivity (Wildman–Crippen MR) is 66.7 cm³/mol. The van der Waals surface area contributed by atoms with E-state index in [1.165, 1.54) is 18.4 Å². The highest BCUT2D eigenvalue weighted by atomic mass is 16.1. The van der Waals surface area contributed by atoms with E-state index < -0.39 is 0 Å². The van der Waals surface area contributed by atoms with Crippen molar-refractivity contribution in [2.45, 2.75) is 39.5 Å². The third-order valence-corrected chi connectivity index (χ3v) is 3.06. The van der Waals surface area contributed by atoms with Crippen LogP contribution >= 0.6 is 0 Å². The molecule has 0 radical (unpaired) electrons. The van der Waals surface area contributed by atoms with Crippen molar-refractivity contribution in [1.82, 2.24) is 0 Å². The Bertz CT molecular complexity index is 375. The van der Waals surface area contributed by atoms with Gasteiger partial charge >= 0.3 is 0 Å². The molecule has 1 nitrogen and oxygen atoms in total. The molecule has 0 bridgehead atoms. The van der Waals surface area contributed by atoms with Gasteiger partial charge in [-0.25, -0.2) is 0 Å². The fourth-order valence-corrected chi connectivity index (χ4v) is 2.05. The van der Waals surface area contributed by atoms with Gasteiger partial charge in [0.2, 0.25) is 0 Å². The lowest BCUT2D eigenvalue weighted by atomic mass is 9.98. The first kappa shape index (κ1) is 11.4. The Morgan fingerprint density at radius 3 is 2.75 bits per heavy atom. The third kappa shape index (κ3) is 3.19. The molecule has 1 aliphatic carbocycles. The van der Waals surface area contributed by atoms with Crippen molar-refractivity contribution < 1.29 is 4.79 Å². The summed E-state index contributed by atoms with van der Waals surface area (Å²) in [6, 6.07) is 8.16. The average Bonchev–Trinajstić information content (AvgIpc) is 3.01. The first-order valence-corrected chi connectivity index (χ1v) is 6.27. The highest BCUT2D eigenvalue weighted by Gasteiger charge is 2.24. The highest BCUT2D eigenvalue weighted by molar-refractivity contribution is 5.96. The van der Waals surface area contributed by atoms with Crippen molar-refractivity contribution in [1.29, 1.82) is 0 Å². The van der Waals surface area contributed by atoms with E-state index in [-0.39, 0.29) is 0 Å². The van der Waals surface area contributed by atoms with Crippen molar-refractivity contribution in [2.24, 2.45) is 11.8 Å². The fourth-order valence-electron chi connectivity index (χ4n) is 2.05. The van der Waals surface area contributed by atoms with Crippen molar-refractivity contribution in [3.63, 3.8) is 0 Å². The third-order valence-electron chi connectivity index (χ3n) is 3.06. The first-order valence-electron chi connectivity index (χ1n) is 6.27. The Kier molecular flexibility index (Phi) is 3.42. The van der Waals surface area contributed by atoms with E-state index in [9.17, 15) is 4.79 Å². The summed E-state index contributed by atoms with van der Waals surface area (Å²) in [5, 5.41) is 0. The standard InChI is InChI=1S/C15H20O/c1-11(2)8-13-4-3-5-14(9-13)15(16)10-12-6-7-12/h3-5,9,11-12H,6-8,10H2,1-2H3. The number of hydrogen-bond donors (Lipinski definition) is 0. The normalized spacial score (nSPS) is 15.4. The van der Waals surface area contributed by atoms with E-state index in [4.69, 9.17) is 0 Å². The summed E-state index contributed by atoms with van der Waals surface area (Å²) >= 11 is 0. The second kappa shape index (κ2) is 4.82. The van der Waals surface area contributed by atoms with Crippen LogP contribution in [0, 0.1) is 11.8 Å². The van der Waals surface area contributed by atoms with Crippen LogP contribution in [0.3, 0.4) is 0 Å². The van der Waals surface area contributed by atoms with Crippen LogP contribution in [0.4, 0.5) is 0 Å². The van der Waals surface area contributed by atoms with Crippen molar-refractivity contribution >= 4 is 5.78 Å². The number of Topliss-reactive ketones (excluding diaryl/α,β-unsaturated/α-hetero) is 1. The number of carbonyl (C=O) groups excluding carboxylic acids is 1. The van der Waals surface area contributed by atoms with E-state index in [0.29, 0.717) is 17.6 Å². The van der Waals surface area contributed by atoms with Crippen LogP contribution in [0.2, 0.25) is 0 Å². The number of rotatable bonds is 5. The molecule has 0 saturated heterocycles. The molecule has 0 aliphatic heterocycles. The van der Waals surface area contributed by atoms with Crippen molar-refractivity contribution in [3.05, 3.63) is 35.4 Å². The van der Waals surface area contributed by atoms with Gasteiger partial charge in [-0.05, 0) is 42.7 Å². The van der Waals surface area contributed by atoms with Crippen LogP contribution < -0.4 is 0 Å². The van der Waals surface area contributed by atoms with Crippen LogP contribution in [-0.2, 0) is 6.42 Å². The van der Waals surface area contributed by atoms with Gasteiger partial charge in [0.15, 0.2) is 5.78 Å². The molecule has 0 heterocycles. The number of benzene rings is 1. The lowest BCUT2D eigenvalue weighted by Gasteiger charge is -2.06. The van der Waals surface area contributed by atoms with E-state index >= 15 is 0 Å². The summed E-state index contributed by atoms with van der Waals surface area (Å²) in [6.07, 6.45) is 4.31. The zero-order valence-corrected chi connectivity index (χ0v) is 10.2. The number of carbonyl (C=O) groups is 1. The largest absolute Gasteiger partial charge is 0.294 e. The van der Waals surface area contributed by atoms with Gasteiger partial charge in [0, 0.05) is 12.0 Å². The van der Waals surface area contributed by atoms with E-state index in [2.05, 4.69) is 26.0 Å². The Hall–Kier alpha value is -1.11. The van der Waals surface area contributed by atoms with Crippen LogP contribution in [0.25, 0.3) is 0 Å². The molecule has 0 spiro atoms. The maximum Gasteiger partial charge on any atom is 0.163 e. The van der Waals surface area contributed by atoms with E-state index in [0.717, 1.165) is 18.4 Å². The molecule has 0 aromatic heterocycles. The van der Waals surface area contributed by atoms with E-state index in [1.807, 2.05) is 12.1 Å². The van der Waals surface area contributed by atoms with Crippen LogP contribution in [0.15, 0.2) is 24.3 Å². The summed E-state index contributed by atoms with van der Waals surface area (Å²) in [5.41, 5.74) is 2.20.